The van der Waals surface area contributed by atoms with Crippen molar-refractivity contribution in [2.24, 2.45) is 17.8 Å². The van der Waals surface area contributed by atoms with Crippen LogP contribution in [0.25, 0.3) is 0 Å². The summed E-state index contributed by atoms with van der Waals surface area (Å²) >= 11 is 9.86. The Hall–Kier alpha value is -0.280. The number of aromatic nitrogens is 2. The van der Waals surface area contributed by atoms with Gasteiger partial charge in [0.15, 0.2) is 5.16 Å². The molecule has 132 valence electrons. The van der Waals surface area contributed by atoms with Crippen LogP contribution in [0.2, 0.25) is 5.15 Å². The van der Waals surface area contributed by atoms with Crippen LogP contribution in [-0.4, -0.2) is 34.8 Å². The minimum absolute atomic E-state index is 0.0609. The molecule has 0 aromatic carbocycles. The minimum Gasteiger partial charge on any atom is -0.466 e. The number of nitrogens with one attached hydrogen (secondary N) is 1. The van der Waals surface area contributed by atoms with Gasteiger partial charge in [-0.15, -0.1) is 0 Å². The summed E-state index contributed by atoms with van der Waals surface area (Å²) in [6.45, 7) is 2.28. The molecule has 3 aliphatic carbocycles. The molecular weight excluding hydrogens is 461 g/mol. The van der Waals surface area contributed by atoms with E-state index < -0.39 is 0 Å². The van der Waals surface area contributed by atoms with Crippen LogP contribution >= 0.6 is 46.0 Å². The van der Waals surface area contributed by atoms with Crippen LogP contribution in [0.15, 0.2) is 5.16 Å². The Labute approximate surface area is 165 Å². The molecule has 3 saturated carbocycles. The lowest BCUT2D eigenvalue weighted by molar-refractivity contribution is -0.154. The van der Waals surface area contributed by atoms with E-state index in [1.165, 1.54) is 11.8 Å². The minimum atomic E-state index is -0.0975. The van der Waals surface area contributed by atoms with Crippen molar-refractivity contribution in [2.75, 3.05) is 18.2 Å². The Kier molecular flexibility index (Phi) is 6.13. The number of ether oxygens (including phenoxy) is 1. The van der Waals surface area contributed by atoms with E-state index in [1.54, 1.807) is 0 Å². The summed E-state index contributed by atoms with van der Waals surface area (Å²) in [6, 6.07) is 0.0609. The number of hydrogen-bond donors (Lipinski definition) is 1. The molecule has 0 amide bonds. The molecule has 2 bridgehead atoms. The molecule has 5 nitrogen and oxygen atoms in total. The molecule has 4 rings (SSSR count). The number of esters is 1. The maximum atomic E-state index is 12.5. The van der Waals surface area contributed by atoms with Crippen LogP contribution in [0.3, 0.4) is 0 Å². The quantitative estimate of drug-likeness (QED) is 0.223. The SMILES string of the molecule is CCOC(=O)[C@H]1C2CCC(CC2)[C@@H]1Nc1nc(SC)nc(Cl)c1I. The van der Waals surface area contributed by atoms with Gasteiger partial charge in [0.1, 0.15) is 11.0 Å². The third-order valence-electron chi connectivity index (χ3n) is 5.05. The first-order chi connectivity index (χ1) is 11.5. The predicted molar refractivity (Wildman–Crippen MR) is 105 cm³/mol. The second kappa shape index (κ2) is 7.95. The summed E-state index contributed by atoms with van der Waals surface area (Å²) in [7, 11) is 0. The van der Waals surface area contributed by atoms with Crippen LogP contribution in [0.1, 0.15) is 32.6 Å². The molecule has 3 aliphatic rings. The zero-order valence-corrected chi connectivity index (χ0v) is 17.4. The third kappa shape index (κ3) is 3.62. The van der Waals surface area contributed by atoms with Crippen molar-refractivity contribution in [1.29, 1.82) is 0 Å². The van der Waals surface area contributed by atoms with Gasteiger partial charge in [-0.25, -0.2) is 9.97 Å². The van der Waals surface area contributed by atoms with Crippen molar-refractivity contribution in [3.8, 4) is 0 Å². The predicted octanol–water partition coefficient (Wildman–Crippen LogP) is 4.24. The molecule has 3 fully saturated rings. The molecule has 1 heterocycles. The van der Waals surface area contributed by atoms with Gasteiger partial charge in [0.2, 0.25) is 0 Å². The highest BCUT2D eigenvalue weighted by atomic mass is 127. The highest BCUT2D eigenvalue weighted by Crippen LogP contribution is 2.47. The lowest BCUT2D eigenvalue weighted by atomic mass is 9.61. The van der Waals surface area contributed by atoms with E-state index in [2.05, 4.69) is 37.9 Å². The van der Waals surface area contributed by atoms with Crippen molar-refractivity contribution >= 4 is 57.7 Å². The summed E-state index contributed by atoms with van der Waals surface area (Å²) < 4.78 is 6.16. The van der Waals surface area contributed by atoms with Crippen LogP contribution in [-0.2, 0) is 9.53 Å². The maximum Gasteiger partial charge on any atom is 0.311 e. The molecule has 1 aromatic rings. The Morgan fingerprint density at radius 3 is 2.62 bits per heavy atom. The van der Waals surface area contributed by atoms with Crippen LogP contribution in [0, 0.1) is 21.3 Å². The Balaban J connectivity index is 1.89. The van der Waals surface area contributed by atoms with Crippen LogP contribution < -0.4 is 5.32 Å². The second-order valence-electron chi connectivity index (χ2n) is 6.29. The second-order valence-corrected chi connectivity index (χ2v) is 8.50. The lowest BCUT2D eigenvalue weighted by Gasteiger charge is -2.47. The highest BCUT2D eigenvalue weighted by Gasteiger charge is 2.48. The average Bonchev–Trinajstić information content (AvgIpc) is 2.59. The average molecular weight is 482 g/mol. The monoisotopic (exact) mass is 481 g/mol. The fraction of sp³-hybridized carbons (Fsp3) is 0.688. The topological polar surface area (TPSA) is 64.1 Å². The van der Waals surface area contributed by atoms with Gasteiger partial charge < -0.3 is 10.1 Å². The molecule has 8 heteroatoms. The summed E-state index contributed by atoms with van der Waals surface area (Å²) in [6.07, 6.45) is 6.46. The van der Waals surface area contributed by atoms with Crippen LogP contribution in [0.5, 0.6) is 0 Å². The zero-order valence-electron chi connectivity index (χ0n) is 13.7. The molecule has 2 atom stereocenters. The van der Waals surface area contributed by atoms with Gasteiger partial charge in [0, 0.05) is 6.04 Å². The fourth-order valence-corrected chi connectivity index (χ4v) is 4.96. The summed E-state index contributed by atoms with van der Waals surface area (Å²) in [5.74, 6) is 1.43. The molecular formula is C16H21ClIN3O2S. The van der Waals surface area contributed by atoms with E-state index >= 15 is 0 Å². The highest BCUT2D eigenvalue weighted by molar-refractivity contribution is 14.1. The van der Waals surface area contributed by atoms with E-state index in [4.69, 9.17) is 16.3 Å². The number of anilines is 1. The van der Waals surface area contributed by atoms with E-state index in [0.29, 0.717) is 28.8 Å². The Morgan fingerprint density at radius 1 is 1.33 bits per heavy atom. The first kappa shape index (κ1) is 18.5. The molecule has 0 aliphatic heterocycles. The molecule has 24 heavy (non-hydrogen) atoms. The van der Waals surface area contributed by atoms with Crippen molar-refractivity contribution in [3.63, 3.8) is 0 Å². The molecule has 0 saturated heterocycles. The van der Waals surface area contributed by atoms with E-state index in [9.17, 15) is 4.79 Å². The van der Waals surface area contributed by atoms with Crippen molar-refractivity contribution in [3.05, 3.63) is 8.72 Å². The number of fused-ring (bicyclic) bond motifs is 3. The number of nitrogens with zero attached hydrogens (tertiary/aromatic N) is 2. The largest absolute Gasteiger partial charge is 0.466 e. The van der Waals surface area contributed by atoms with Gasteiger partial charge in [-0.2, -0.15) is 0 Å². The lowest BCUT2D eigenvalue weighted by Crippen LogP contribution is -2.52. The number of thioether (sulfide) groups is 1. The van der Waals surface area contributed by atoms with E-state index in [1.807, 2.05) is 13.2 Å². The van der Waals surface area contributed by atoms with Crippen molar-refractivity contribution in [2.45, 2.75) is 43.8 Å². The number of rotatable bonds is 5. The van der Waals surface area contributed by atoms with Gasteiger partial charge in [-0.05, 0) is 73.3 Å². The molecule has 0 spiro atoms. The van der Waals surface area contributed by atoms with Gasteiger partial charge in [-0.1, -0.05) is 23.4 Å². The maximum absolute atomic E-state index is 12.5. The molecule has 0 unspecified atom stereocenters. The van der Waals surface area contributed by atoms with E-state index in [-0.39, 0.29) is 17.9 Å². The third-order valence-corrected chi connectivity index (χ3v) is 7.22. The van der Waals surface area contributed by atoms with Gasteiger partial charge in [0.25, 0.3) is 0 Å². The van der Waals surface area contributed by atoms with Gasteiger partial charge in [-0.3, -0.25) is 4.79 Å². The summed E-state index contributed by atoms with van der Waals surface area (Å²) in [5.41, 5.74) is 0. The Morgan fingerprint density at radius 2 is 2.00 bits per heavy atom. The van der Waals surface area contributed by atoms with Crippen LogP contribution in [0.4, 0.5) is 5.82 Å². The number of carbonyl (C=O) groups excluding carboxylic acids is 1. The van der Waals surface area contributed by atoms with Crippen molar-refractivity contribution < 1.29 is 9.53 Å². The zero-order chi connectivity index (χ0) is 17.3. The molecule has 0 radical (unpaired) electrons. The fourth-order valence-electron chi connectivity index (χ4n) is 3.98. The number of halogens is 2. The first-order valence-corrected chi connectivity index (χ1v) is 10.9. The van der Waals surface area contributed by atoms with E-state index in [0.717, 1.165) is 35.1 Å². The number of carbonyl (C=O) groups is 1. The summed E-state index contributed by atoms with van der Waals surface area (Å²) in [5, 5.41) is 4.61. The first-order valence-electron chi connectivity index (χ1n) is 8.25. The molecule has 1 aromatic heterocycles. The summed E-state index contributed by atoms with van der Waals surface area (Å²) in [4.78, 5) is 21.4. The van der Waals surface area contributed by atoms with Gasteiger partial charge in [0.05, 0.1) is 16.1 Å². The normalized spacial score (nSPS) is 28.7. The Bertz CT molecular complexity index is 626. The number of hydrogen-bond acceptors (Lipinski definition) is 6. The smallest absolute Gasteiger partial charge is 0.311 e. The van der Waals surface area contributed by atoms with Gasteiger partial charge >= 0.3 is 5.97 Å². The molecule has 1 N–H and O–H groups in total. The standard InChI is InChI=1S/C16H21ClIN3O2S/c1-3-23-15(22)10-8-4-6-9(7-5-8)12(10)19-14-11(18)13(17)20-16(21-14)24-2/h8-10,12H,3-7H2,1-2H3,(H,19,20,21)/t8?,9?,10-,12-/m0/s1. The van der Waals surface area contributed by atoms with Crippen molar-refractivity contribution in [1.82, 2.24) is 9.97 Å².